The minimum atomic E-state index is -0.597. The second-order valence-electron chi connectivity index (χ2n) is 9.00. The number of H-pyrrole nitrogens is 1. The topological polar surface area (TPSA) is 130 Å². The highest BCUT2D eigenvalue weighted by Crippen LogP contribution is 2.32. The molecular formula is C27H27N5O4S. The molecule has 1 aliphatic rings. The van der Waals surface area contributed by atoms with E-state index in [9.17, 15) is 14.4 Å². The number of aromatic nitrogens is 2. The Morgan fingerprint density at radius 1 is 1.19 bits per heavy atom. The lowest BCUT2D eigenvalue weighted by molar-refractivity contribution is -0.131. The van der Waals surface area contributed by atoms with Crippen LogP contribution >= 0.6 is 11.3 Å². The van der Waals surface area contributed by atoms with Crippen molar-refractivity contribution in [2.45, 2.75) is 25.2 Å². The van der Waals surface area contributed by atoms with Crippen molar-refractivity contribution >= 4 is 45.6 Å². The van der Waals surface area contributed by atoms with Gasteiger partial charge in [0.15, 0.2) is 0 Å². The molecule has 2 aromatic carbocycles. The third-order valence-electron chi connectivity index (χ3n) is 6.70. The number of carbonyl (C=O) groups is 3. The highest BCUT2D eigenvalue weighted by Gasteiger charge is 2.27. The largest absolute Gasteiger partial charge is 0.495 e. The first-order valence-corrected chi connectivity index (χ1v) is 12.9. The molecule has 0 atom stereocenters. The van der Waals surface area contributed by atoms with Crippen LogP contribution in [0.1, 0.15) is 50.2 Å². The summed E-state index contributed by atoms with van der Waals surface area (Å²) in [6.45, 7) is 1.31. The van der Waals surface area contributed by atoms with Gasteiger partial charge in [-0.15, -0.1) is 11.3 Å². The van der Waals surface area contributed by atoms with Crippen LogP contribution in [-0.2, 0) is 11.2 Å². The van der Waals surface area contributed by atoms with Crippen LogP contribution in [0.2, 0.25) is 0 Å². The quantitative estimate of drug-likeness (QED) is 0.342. The van der Waals surface area contributed by atoms with Crippen LogP contribution in [0.25, 0.3) is 10.9 Å². The second kappa shape index (κ2) is 10.4. The molecule has 0 radical (unpaired) electrons. The van der Waals surface area contributed by atoms with E-state index in [1.54, 1.807) is 11.4 Å². The zero-order valence-corrected chi connectivity index (χ0v) is 21.1. The van der Waals surface area contributed by atoms with Crippen molar-refractivity contribution in [1.29, 1.82) is 0 Å². The van der Waals surface area contributed by atoms with Crippen molar-refractivity contribution in [3.05, 3.63) is 75.9 Å². The number of para-hydroxylation sites is 1. The van der Waals surface area contributed by atoms with E-state index in [0.29, 0.717) is 36.6 Å². The summed E-state index contributed by atoms with van der Waals surface area (Å²) in [7, 11) is 1.48. The van der Waals surface area contributed by atoms with Crippen LogP contribution in [0, 0.1) is 0 Å². The first-order valence-electron chi connectivity index (χ1n) is 12.0. The number of methoxy groups -OCH3 is 1. The minimum absolute atomic E-state index is 0.120. The van der Waals surface area contributed by atoms with Crippen molar-refractivity contribution in [2.24, 2.45) is 5.73 Å². The molecule has 0 unspecified atom stereocenters. The number of nitrogens with one attached hydrogen (secondary N) is 2. The van der Waals surface area contributed by atoms with Crippen LogP contribution in [0.5, 0.6) is 5.75 Å². The number of thiazole rings is 1. The van der Waals surface area contributed by atoms with Crippen LogP contribution < -0.4 is 15.8 Å². The number of nitrogens with two attached hydrogens (primary N) is 1. The molecule has 1 saturated heterocycles. The average molecular weight is 518 g/mol. The van der Waals surface area contributed by atoms with Gasteiger partial charge in [-0.05, 0) is 42.7 Å². The smallest absolute Gasteiger partial charge is 0.275 e. The Kier molecular flexibility index (Phi) is 6.91. The molecular weight excluding hydrogens is 490 g/mol. The number of carbonyl (C=O) groups excluding carboxylic acids is 3. The normalized spacial score (nSPS) is 14.0. The highest BCUT2D eigenvalue weighted by atomic mass is 32.1. The maximum Gasteiger partial charge on any atom is 0.275 e. The third kappa shape index (κ3) is 5.19. The number of nitrogens with zero attached hydrogens (tertiary/aromatic N) is 2. The lowest BCUT2D eigenvalue weighted by Crippen LogP contribution is -2.38. The summed E-state index contributed by atoms with van der Waals surface area (Å²) < 4.78 is 5.28. The summed E-state index contributed by atoms with van der Waals surface area (Å²) in [5, 5.41) is 6.45. The molecule has 1 fully saturated rings. The molecule has 3 heterocycles. The van der Waals surface area contributed by atoms with Gasteiger partial charge in [0.2, 0.25) is 11.8 Å². The van der Waals surface area contributed by atoms with E-state index >= 15 is 0 Å². The molecule has 190 valence electrons. The van der Waals surface area contributed by atoms with Crippen molar-refractivity contribution in [2.75, 3.05) is 25.5 Å². The number of rotatable bonds is 7. The van der Waals surface area contributed by atoms with Gasteiger partial charge in [-0.2, -0.15) is 0 Å². The molecule has 4 aromatic rings. The van der Waals surface area contributed by atoms with Crippen LogP contribution in [-0.4, -0.2) is 52.8 Å². The minimum Gasteiger partial charge on any atom is -0.495 e. The zero-order chi connectivity index (χ0) is 25.9. The summed E-state index contributed by atoms with van der Waals surface area (Å²) in [6.07, 6.45) is 3.87. The van der Waals surface area contributed by atoms with Crippen molar-refractivity contribution in [1.82, 2.24) is 14.9 Å². The standard InChI is InChI=1S/C27H27N5O4S/c1-36-23-7-6-17(25(28)34)12-21(23)30-26(35)22-15-37-27(31-22)16-8-10-32(11-9-16)24(33)13-18-14-29-20-5-3-2-4-19(18)20/h2-7,12,14-16,29H,8-11,13H2,1H3,(H2,28,34)(H,30,35). The van der Waals surface area contributed by atoms with Crippen molar-refractivity contribution in [3.63, 3.8) is 0 Å². The molecule has 3 amide bonds. The number of hydrogen-bond acceptors (Lipinski definition) is 6. The number of piperidine rings is 1. The Hall–Kier alpha value is -4.18. The van der Waals surface area contributed by atoms with Gasteiger partial charge in [-0.25, -0.2) is 4.98 Å². The van der Waals surface area contributed by atoms with Gasteiger partial charge in [-0.1, -0.05) is 18.2 Å². The predicted octanol–water partition coefficient (Wildman–Crippen LogP) is 3.93. The molecule has 4 N–H and O–H groups in total. The summed E-state index contributed by atoms with van der Waals surface area (Å²) in [6, 6.07) is 12.6. The molecule has 2 aromatic heterocycles. The van der Waals surface area contributed by atoms with E-state index in [-0.39, 0.29) is 17.4 Å². The Bertz CT molecular complexity index is 1470. The van der Waals surface area contributed by atoms with Gasteiger partial charge in [0.1, 0.15) is 11.4 Å². The lowest BCUT2D eigenvalue weighted by atomic mass is 9.97. The molecule has 0 saturated carbocycles. The molecule has 1 aliphatic heterocycles. The first kappa shape index (κ1) is 24.5. The van der Waals surface area contributed by atoms with Crippen molar-refractivity contribution < 1.29 is 19.1 Å². The molecule has 9 nitrogen and oxygen atoms in total. The SMILES string of the molecule is COc1ccc(C(N)=O)cc1NC(=O)c1csc(C2CCN(C(=O)Cc3c[nH]c4ccccc34)CC2)n1. The summed E-state index contributed by atoms with van der Waals surface area (Å²) >= 11 is 1.44. The Balaban J connectivity index is 1.19. The number of fused-ring (bicyclic) bond motifs is 1. The van der Waals surface area contributed by atoms with E-state index in [1.165, 1.54) is 30.6 Å². The van der Waals surface area contributed by atoms with Gasteiger partial charge in [0, 0.05) is 47.1 Å². The Morgan fingerprint density at radius 2 is 1.97 bits per heavy atom. The fourth-order valence-electron chi connectivity index (χ4n) is 4.65. The monoisotopic (exact) mass is 517 g/mol. The number of benzene rings is 2. The van der Waals surface area contributed by atoms with Crippen molar-refractivity contribution in [3.8, 4) is 5.75 Å². The Morgan fingerprint density at radius 3 is 2.73 bits per heavy atom. The van der Waals surface area contributed by atoms with Crippen LogP contribution in [0.4, 0.5) is 5.69 Å². The maximum atomic E-state index is 12.9. The van der Waals surface area contributed by atoms with Gasteiger partial charge >= 0.3 is 0 Å². The average Bonchev–Trinajstić information content (AvgIpc) is 3.57. The van der Waals surface area contributed by atoms with E-state index in [0.717, 1.165) is 34.3 Å². The van der Waals surface area contributed by atoms with E-state index in [1.807, 2.05) is 35.4 Å². The highest BCUT2D eigenvalue weighted by molar-refractivity contribution is 7.10. The molecule has 0 aliphatic carbocycles. The van der Waals surface area contributed by atoms with E-state index in [4.69, 9.17) is 10.5 Å². The summed E-state index contributed by atoms with van der Waals surface area (Å²) in [5.41, 5.74) is 8.31. The fourth-order valence-corrected chi connectivity index (χ4v) is 5.62. The predicted molar refractivity (Wildman–Crippen MR) is 142 cm³/mol. The number of hydrogen-bond donors (Lipinski definition) is 3. The zero-order valence-electron chi connectivity index (χ0n) is 20.3. The van der Waals surface area contributed by atoms with Crippen LogP contribution in [0.15, 0.2) is 54.0 Å². The van der Waals surface area contributed by atoms with Gasteiger partial charge in [0.25, 0.3) is 5.91 Å². The molecule has 5 rings (SSSR count). The number of anilines is 1. The molecule has 10 heteroatoms. The lowest BCUT2D eigenvalue weighted by Gasteiger charge is -2.31. The second-order valence-corrected chi connectivity index (χ2v) is 9.89. The molecule has 0 bridgehead atoms. The Labute approximate surface area is 217 Å². The van der Waals surface area contributed by atoms with E-state index < -0.39 is 11.8 Å². The first-order chi connectivity index (χ1) is 17.9. The van der Waals surface area contributed by atoms with Gasteiger partial charge in [-0.3, -0.25) is 14.4 Å². The third-order valence-corrected chi connectivity index (χ3v) is 7.71. The molecule has 0 spiro atoms. The van der Waals surface area contributed by atoms with Gasteiger partial charge in [0.05, 0.1) is 24.2 Å². The van der Waals surface area contributed by atoms with Gasteiger partial charge < -0.3 is 25.7 Å². The number of likely N-dealkylation sites (tertiary alicyclic amines) is 1. The fraction of sp³-hybridized carbons (Fsp3) is 0.259. The number of ether oxygens (including phenoxy) is 1. The number of primary amides is 1. The maximum absolute atomic E-state index is 12.9. The number of aromatic amines is 1. The van der Waals surface area contributed by atoms with E-state index in [2.05, 4.69) is 15.3 Å². The summed E-state index contributed by atoms with van der Waals surface area (Å²) in [4.78, 5) is 47.0. The van der Waals surface area contributed by atoms with Crippen LogP contribution in [0.3, 0.4) is 0 Å². The molecule has 37 heavy (non-hydrogen) atoms. The number of amides is 3. The summed E-state index contributed by atoms with van der Waals surface area (Å²) in [5.74, 6) is -0.265.